The minimum Gasteiger partial charge on any atom is -0.494 e. The van der Waals surface area contributed by atoms with Crippen molar-refractivity contribution < 1.29 is 13.9 Å². The molecular formula is C20H24FN3O2. The van der Waals surface area contributed by atoms with E-state index in [0.29, 0.717) is 13.2 Å². The Morgan fingerprint density at radius 2 is 2.15 bits per heavy atom. The van der Waals surface area contributed by atoms with E-state index in [1.807, 2.05) is 37.3 Å². The van der Waals surface area contributed by atoms with Gasteiger partial charge in [-0.1, -0.05) is 24.3 Å². The molecule has 26 heavy (non-hydrogen) atoms. The topological polar surface area (TPSA) is 77.2 Å². The number of nitrogens with zero attached hydrogens (tertiary/aromatic N) is 1. The molecule has 1 heterocycles. The smallest absolute Gasteiger partial charge is 0.255 e. The number of hydrogen-bond donors (Lipinski definition) is 2. The summed E-state index contributed by atoms with van der Waals surface area (Å²) in [7, 11) is 0. The number of nitrogen functional groups attached to an aromatic ring is 1. The average molecular weight is 357 g/mol. The number of hydrogen-bond acceptors (Lipinski definition) is 4. The van der Waals surface area contributed by atoms with Crippen molar-refractivity contribution in [3.63, 3.8) is 0 Å². The van der Waals surface area contributed by atoms with E-state index in [9.17, 15) is 9.18 Å². The van der Waals surface area contributed by atoms with E-state index in [0.717, 1.165) is 36.6 Å². The summed E-state index contributed by atoms with van der Waals surface area (Å²) in [6, 6.07) is 9.98. The minimum atomic E-state index is -0.713. The molecule has 0 aliphatic heterocycles. The number of nitrogens with two attached hydrogens (primary N) is 1. The Morgan fingerprint density at radius 3 is 2.92 bits per heavy atom. The molecule has 0 atom stereocenters. The Kier molecular flexibility index (Phi) is 7.61. The predicted molar refractivity (Wildman–Crippen MR) is 100 cm³/mol. The van der Waals surface area contributed by atoms with Crippen LogP contribution in [-0.4, -0.2) is 17.5 Å². The molecule has 1 aromatic carbocycles. The molecule has 0 radical (unpaired) electrons. The summed E-state index contributed by atoms with van der Waals surface area (Å²) in [5.74, 6) is -0.469. The molecule has 0 spiro atoms. The van der Waals surface area contributed by atoms with Gasteiger partial charge in [0.05, 0.1) is 12.2 Å². The van der Waals surface area contributed by atoms with Crippen molar-refractivity contribution in [2.24, 2.45) is 0 Å². The van der Waals surface area contributed by atoms with Gasteiger partial charge in [-0.15, -0.1) is 0 Å². The fourth-order valence-electron chi connectivity index (χ4n) is 2.39. The second-order valence-corrected chi connectivity index (χ2v) is 5.81. The zero-order chi connectivity index (χ0) is 18.8. The maximum Gasteiger partial charge on any atom is 0.255 e. The van der Waals surface area contributed by atoms with Gasteiger partial charge in [0.2, 0.25) is 5.95 Å². The number of halogens is 1. The normalized spacial score (nSPS) is 10.8. The summed E-state index contributed by atoms with van der Waals surface area (Å²) >= 11 is 0. The molecule has 5 nitrogen and oxygen atoms in total. The molecule has 0 unspecified atom stereocenters. The van der Waals surface area contributed by atoms with Gasteiger partial charge < -0.3 is 15.8 Å². The number of amides is 1. The van der Waals surface area contributed by atoms with Crippen molar-refractivity contribution in [2.75, 3.05) is 12.3 Å². The van der Waals surface area contributed by atoms with Crippen molar-refractivity contribution in [3.05, 3.63) is 65.6 Å². The van der Waals surface area contributed by atoms with E-state index in [1.165, 1.54) is 6.07 Å². The largest absolute Gasteiger partial charge is 0.494 e. The fourth-order valence-corrected chi connectivity index (χ4v) is 2.39. The van der Waals surface area contributed by atoms with Crippen molar-refractivity contribution >= 4 is 11.7 Å². The van der Waals surface area contributed by atoms with Crippen molar-refractivity contribution in [3.8, 4) is 5.75 Å². The number of rotatable bonds is 9. The lowest BCUT2D eigenvalue weighted by molar-refractivity contribution is 0.0951. The van der Waals surface area contributed by atoms with Crippen LogP contribution >= 0.6 is 0 Å². The summed E-state index contributed by atoms with van der Waals surface area (Å²) < 4.78 is 18.7. The molecule has 2 aromatic rings. The molecule has 6 heteroatoms. The number of pyridine rings is 1. The first-order chi connectivity index (χ1) is 12.6. The third-order valence-electron chi connectivity index (χ3n) is 3.76. The van der Waals surface area contributed by atoms with E-state index in [2.05, 4.69) is 16.4 Å². The Hall–Kier alpha value is -2.89. The molecule has 2 rings (SSSR count). The standard InChI is InChI=1S/C20H24FN3O2/c1-2-3-4-5-6-12-26-16-9-7-8-15(13-16)14-23-20(25)17-10-11-18(21)24-19(17)22/h2-3,7-11,13H,4-6,12,14H2,1H3,(H2,22,24)(H,23,25). The van der Waals surface area contributed by atoms with Gasteiger partial charge in [0, 0.05) is 6.54 Å². The SMILES string of the molecule is CC=CCCCCOc1cccc(CNC(=O)c2ccc(F)nc2N)c1. The first kappa shape index (κ1) is 19.4. The predicted octanol–water partition coefficient (Wildman–Crippen LogP) is 3.86. The first-order valence-corrected chi connectivity index (χ1v) is 8.63. The Morgan fingerprint density at radius 1 is 1.31 bits per heavy atom. The lowest BCUT2D eigenvalue weighted by atomic mass is 10.2. The van der Waals surface area contributed by atoms with Crippen LogP contribution in [0.2, 0.25) is 0 Å². The van der Waals surface area contributed by atoms with Crippen LogP contribution in [0.25, 0.3) is 0 Å². The van der Waals surface area contributed by atoms with Gasteiger partial charge in [-0.05, 0) is 56.0 Å². The van der Waals surface area contributed by atoms with Gasteiger partial charge in [0.15, 0.2) is 0 Å². The van der Waals surface area contributed by atoms with E-state index in [1.54, 1.807) is 0 Å². The average Bonchev–Trinajstić information content (AvgIpc) is 2.63. The van der Waals surface area contributed by atoms with Gasteiger partial charge in [-0.2, -0.15) is 4.39 Å². The highest BCUT2D eigenvalue weighted by atomic mass is 19.1. The Balaban J connectivity index is 1.83. The molecule has 0 aliphatic carbocycles. The summed E-state index contributed by atoms with van der Waals surface area (Å²) in [6.45, 7) is 2.99. The van der Waals surface area contributed by atoms with E-state index in [4.69, 9.17) is 10.5 Å². The maximum atomic E-state index is 13.0. The summed E-state index contributed by atoms with van der Waals surface area (Å²) in [5, 5.41) is 2.75. The van der Waals surface area contributed by atoms with E-state index >= 15 is 0 Å². The highest BCUT2D eigenvalue weighted by Gasteiger charge is 2.11. The number of benzene rings is 1. The Bertz CT molecular complexity index is 762. The zero-order valence-electron chi connectivity index (χ0n) is 14.9. The summed E-state index contributed by atoms with van der Waals surface area (Å²) in [5.41, 5.74) is 6.63. The highest BCUT2D eigenvalue weighted by Crippen LogP contribution is 2.15. The van der Waals surface area contributed by atoms with E-state index in [-0.39, 0.29) is 11.4 Å². The number of carbonyl (C=O) groups excluding carboxylic acids is 1. The van der Waals surface area contributed by atoms with Crippen LogP contribution in [0.15, 0.2) is 48.6 Å². The molecule has 0 aliphatic rings. The second-order valence-electron chi connectivity index (χ2n) is 5.81. The van der Waals surface area contributed by atoms with Crippen LogP contribution in [0.3, 0.4) is 0 Å². The van der Waals surface area contributed by atoms with Crippen LogP contribution in [-0.2, 0) is 6.54 Å². The van der Waals surface area contributed by atoms with Gasteiger partial charge >= 0.3 is 0 Å². The number of nitrogens with one attached hydrogen (secondary N) is 1. The van der Waals surface area contributed by atoms with Crippen molar-refractivity contribution in [2.45, 2.75) is 32.7 Å². The quantitative estimate of drug-likeness (QED) is 0.406. The van der Waals surface area contributed by atoms with Crippen LogP contribution in [0, 0.1) is 5.95 Å². The highest BCUT2D eigenvalue weighted by molar-refractivity contribution is 5.98. The molecule has 0 saturated heterocycles. The van der Waals surface area contributed by atoms with Crippen LogP contribution in [0.1, 0.15) is 42.1 Å². The molecule has 138 valence electrons. The van der Waals surface area contributed by atoms with Crippen LogP contribution in [0.4, 0.5) is 10.2 Å². The van der Waals surface area contributed by atoms with Crippen molar-refractivity contribution in [1.82, 2.24) is 10.3 Å². The third-order valence-corrected chi connectivity index (χ3v) is 3.76. The molecule has 0 bridgehead atoms. The summed E-state index contributed by atoms with van der Waals surface area (Å²) in [4.78, 5) is 15.6. The van der Waals surface area contributed by atoms with Crippen molar-refractivity contribution in [1.29, 1.82) is 0 Å². The number of carbonyl (C=O) groups is 1. The molecule has 1 amide bonds. The number of allylic oxidation sites excluding steroid dienone is 2. The zero-order valence-corrected chi connectivity index (χ0v) is 14.9. The monoisotopic (exact) mass is 357 g/mol. The lowest BCUT2D eigenvalue weighted by Gasteiger charge is -2.10. The molecule has 3 N–H and O–H groups in total. The van der Waals surface area contributed by atoms with Crippen LogP contribution < -0.4 is 15.8 Å². The number of aromatic nitrogens is 1. The molecule has 0 saturated carbocycles. The Labute approximate surface area is 153 Å². The molecule has 1 aromatic heterocycles. The van der Waals surface area contributed by atoms with Gasteiger partial charge in [-0.25, -0.2) is 4.98 Å². The molecule has 0 fully saturated rings. The lowest BCUT2D eigenvalue weighted by Crippen LogP contribution is -2.24. The maximum absolute atomic E-state index is 13.0. The number of anilines is 1. The summed E-state index contributed by atoms with van der Waals surface area (Å²) in [6.07, 6.45) is 7.34. The van der Waals surface area contributed by atoms with Gasteiger partial charge in [0.25, 0.3) is 5.91 Å². The van der Waals surface area contributed by atoms with E-state index < -0.39 is 11.9 Å². The van der Waals surface area contributed by atoms with Gasteiger partial charge in [0.1, 0.15) is 11.6 Å². The number of ether oxygens (including phenoxy) is 1. The number of unbranched alkanes of at least 4 members (excludes halogenated alkanes) is 2. The van der Waals surface area contributed by atoms with Gasteiger partial charge in [-0.3, -0.25) is 4.79 Å². The first-order valence-electron chi connectivity index (χ1n) is 8.63. The minimum absolute atomic E-state index is 0.127. The van der Waals surface area contributed by atoms with Crippen LogP contribution in [0.5, 0.6) is 5.75 Å². The second kappa shape index (κ2) is 10.2. The fraction of sp³-hybridized carbons (Fsp3) is 0.300. The molecular weight excluding hydrogens is 333 g/mol. The third kappa shape index (κ3) is 6.20.